The molecular formula is C19H27N3O2S. The molecular weight excluding hydrogens is 334 g/mol. The van der Waals surface area contributed by atoms with Crippen LogP contribution in [-0.2, 0) is 14.9 Å². The zero-order valence-corrected chi connectivity index (χ0v) is 16.3. The van der Waals surface area contributed by atoms with E-state index in [4.69, 9.17) is 9.72 Å². The Kier molecular flexibility index (Phi) is 5.14. The van der Waals surface area contributed by atoms with Gasteiger partial charge in [-0.25, -0.2) is 4.98 Å². The van der Waals surface area contributed by atoms with Crippen LogP contribution in [-0.4, -0.2) is 37.7 Å². The van der Waals surface area contributed by atoms with E-state index >= 15 is 0 Å². The minimum absolute atomic E-state index is 0.0325. The molecule has 0 saturated carbocycles. The number of rotatable bonds is 4. The predicted octanol–water partition coefficient (Wildman–Crippen LogP) is 3.55. The van der Waals surface area contributed by atoms with E-state index in [2.05, 4.69) is 31.4 Å². The van der Waals surface area contributed by atoms with Crippen LogP contribution in [0.1, 0.15) is 38.6 Å². The average molecular weight is 362 g/mol. The number of hydrogen-bond donors (Lipinski definition) is 2. The molecule has 3 rings (SSSR count). The third-order valence-corrected chi connectivity index (χ3v) is 6.19. The number of nitrogens with one attached hydrogen (secondary N) is 2. The van der Waals surface area contributed by atoms with Crippen LogP contribution in [0.3, 0.4) is 0 Å². The van der Waals surface area contributed by atoms with E-state index in [-0.39, 0.29) is 11.3 Å². The molecule has 2 aromatic rings. The zero-order chi connectivity index (χ0) is 18.1. The number of nitrogens with zero attached hydrogens (tertiary/aromatic N) is 1. The molecule has 1 fully saturated rings. The molecule has 0 bridgehead atoms. The lowest BCUT2D eigenvalue weighted by molar-refractivity contribution is -0.130. The van der Waals surface area contributed by atoms with Crippen LogP contribution in [0.25, 0.3) is 10.2 Å². The highest BCUT2D eigenvalue weighted by molar-refractivity contribution is 7.18. The molecule has 0 unspecified atom stereocenters. The summed E-state index contributed by atoms with van der Waals surface area (Å²) in [6.07, 6.45) is 1.59. The highest BCUT2D eigenvalue weighted by Gasteiger charge is 2.39. The van der Waals surface area contributed by atoms with Crippen molar-refractivity contribution in [2.45, 2.75) is 39.0 Å². The van der Waals surface area contributed by atoms with Crippen molar-refractivity contribution in [3.05, 3.63) is 23.2 Å². The van der Waals surface area contributed by atoms with E-state index in [1.54, 1.807) is 18.4 Å². The average Bonchev–Trinajstić information content (AvgIpc) is 2.99. The molecule has 25 heavy (non-hydrogen) atoms. The summed E-state index contributed by atoms with van der Waals surface area (Å²) in [5.41, 5.74) is 1.40. The van der Waals surface area contributed by atoms with Crippen LogP contribution < -0.4 is 10.6 Å². The largest absolute Gasteiger partial charge is 0.384 e. The molecule has 2 N–H and O–H groups in total. The number of benzene rings is 1. The van der Waals surface area contributed by atoms with E-state index in [1.807, 2.05) is 18.2 Å². The van der Waals surface area contributed by atoms with Gasteiger partial charge in [-0.2, -0.15) is 0 Å². The molecule has 0 radical (unpaired) electrons. The van der Waals surface area contributed by atoms with E-state index in [9.17, 15) is 4.79 Å². The maximum atomic E-state index is 12.9. The molecule has 0 spiro atoms. The standard InChI is InChI=1S/C19H27N3O2S/c1-18(2,3)17-22-14-6-5-13(11-15(14)25-17)21-16(23)19(12-24-4)7-9-20-10-8-19/h5-6,11,20H,7-10,12H2,1-4H3,(H,21,23). The second-order valence-corrected chi connectivity index (χ2v) is 8.90. The number of carbonyl (C=O) groups is 1. The van der Waals surface area contributed by atoms with Gasteiger partial charge in [0.25, 0.3) is 0 Å². The molecule has 1 amide bonds. The number of amides is 1. The lowest BCUT2D eigenvalue weighted by atomic mass is 9.78. The quantitative estimate of drug-likeness (QED) is 0.874. The van der Waals surface area contributed by atoms with Crippen molar-refractivity contribution in [3.63, 3.8) is 0 Å². The Bertz CT molecular complexity index is 752. The number of anilines is 1. The maximum absolute atomic E-state index is 12.9. The second-order valence-electron chi connectivity index (χ2n) is 7.87. The Morgan fingerprint density at radius 3 is 2.72 bits per heavy atom. The van der Waals surface area contributed by atoms with E-state index in [1.165, 1.54) is 0 Å². The van der Waals surface area contributed by atoms with Crippen LogP contribution in [0.4, 0.5) is 5.69 Å². The number of hydrogen-bond acceptors (Lipinski definition) is 5. The zero-order valence-electron chi connectivity index (χ0n) is 15.4. The fourth-order valence-electron chi connectivity index (χ4n) is 3.21. The van der Waals surface area contributed by atoms with Gasteiger partial charge in [0.2, 0.25) is 5.91 Å². The SMILES string of the molecule is COCC1(C(=O)Nc2ccc3nc(C(C)(C)C)sc3c2)CCNCC1. The molecule has 1 saturated heterocycles. The molecule has 136 valence electrons. The summed E-state index contributed by atoms with van der Waals surface area (Å²) >= 11 is 1.69. The summed E-state index contributed by atoms with van der Waals surface area (Å²) in [6.45, 7) is 8.65. The molecule has 0 aliphatic carbocycles. The summed E-state index contributed by atoms with van der Waals surface area (Å²) in [7, 11) is 1.66. The molecule has 0 atom stereocenters. The molecule has 1 aliphatic rings. The molecule has 1 aliphatic heterocycles. The predicted molar refractivity (Wildman–Crippen MR) is 103 cm³/mol. The van der Waals surface area contributed by atoms with Crippen LogP contribution in [0.2, 0.25) is 0 Å². The van der Waals surface area contributed by atoms with Crippen molar-refractivity contribution in [1.29, 1.82) is 0 Å². The van der Waals surface area contributed by atoms with Gasteiger partial charge in [-0.3, -0.25) is 4.79 Å². The Morgan fingerprint density at radius 2 is 2.08 bits per heavy atom. The van der Waals surface area contributed by atoms with E-state index in [0.717, 1.165) is 46.8 Å². The van der Waals surface area contributed by atoms with Crippen LogP contribution in [0.15, 0.2) is 18.2 Å². The van der Waals surface area contributed by atoms with Crippen LogP contribution in [0, 0.1) is 5.41 Å². The lowest BCUT2D eigenvalue weighted by Crippen LogP contribution is -2.47. The third kappa shape index (κ3) is 3.86. The second kappa shape index (κ2) is 7.02. The number of carbonyl (C=O) groups excluding carboxylic acids is 1. The first-order valence-electron chi connectivity index (χ1n) is 8.76. The highest BCUT2D eigenvalue weighted by atomic mass is 32.1. The number of aromatic nitrogens is 1. The Hall–Kier alpha value is -1.50. The Balaban J connectivity index is 1.82. The van der Waals surface area contributed by atoms with E-state index in [0.29, 0.717) is 6.61 Å². The summed E-state index contributed by atoms with van der Waals surface area (Å²) in [5, 5.41) is 7.54. The van der Waals surface area contributed by atoms with Gasteiger partial charge in [0.1, 0.15) is 0 Å². The Labute approximate surface area is 153 Å². The van der Waals surface area contributed by atoms with Gasteiger partial charge in [0.15, 0.2) is 0 Å². The van der Waals surface area contributed by atoms with Gasteiger partial charge >= 0.3 is 0 Å². The summed E-state index contributed by atoms with van der Waals surface area (Å²) in [5.74, 6) is 0.0516. The minimum atomic E-state index is -0.445. The first-order valence-corrected chi connectivity index (χ1v) is 9.58. The van der Waals surface area contributed by atoms with Gasteiger partial charge in [-0.15, -0.1) is 11.3 Å². The molecule has 1 aromatic carbocycles. The van der Waals surface area contributed by atoms with Crippen LogP contribution >= 0.6 is 11.3 Å². The van der Waals surface area contributed by atoms with Gasteiger partial charge < -0.3 is 15.4 Å². The van der Waals surface area contributed by atoms with Gasteiger partial charge in [-0.1, -0.05) is 20.8 Å². The lowest BCUT2D eigenvalue weighted by Gasteiger charge is -2.35. The number of ether oxygens (including phenoxy) is 1. The summed E-state index contributed by atoms with van der Waals surface area (Å²) in [4.78, 5) is 17.7. The molecule has 1 aromatic heterocycles. The monoisotopic (exact) mass is 361 g/mol. The summed E-state index contributed by atoms with van der Waals surface area (Å²) < 4.78 is 6.46. The van der Waals surface area contributed by atoms with Crippen molar-refractivity contribution >= 4 is 33.1 Å². The van der Waals surface area contributed by atoms with Gasteiger partial charge in [-0.05, 0) is 44.1 Å². The Morgan fingerprint density at radius 1 is 1.36 bits per heavy atom. The van der Waals surface area contributed by atoms with Crippen molar-refractivity contribution < 1.29 is 9.53 Å². The number of piperidine rings is 1. The summed E-state index contributed by atoms with van der Waals surface area (Å²) in [6, 6.07) is 5.96. The minimum Gasteiger partial charge on any atom is -0.384 e. The smallest absolute Gasteiger partial charge is 0.233 e. The molecule has 6 heteroatoms. The molecule has 5 nitrogen and oxygen atoms in total. The van der Waals surface area contributed by atoms with E-state index < -0.39 is 5.41 Å². The maximum Gasteiger partial charge on any atom is 0.233 e. The first kappa shape index (κ1) is 18.3. The fraction of sp³-hybridized carbons (Fsp3) is 0.579. The number of methoxy groups -OCH3 is 1. The van der Waals surface area contributed by atoms with Crippen molar-refractivity contribution in [1.82, 2.24) is 10.3 Å². The highest BCUT2D eigenvalue weighted by Crippen LogP contribution is 2.34. The molecule has 2 heterocycles. The van der Waals surface area contributed by atoms with Crippen molar-refractivity contribution in [2.75, 3.05) is 32.1 Å². The van der Waals surface area contributed by atoms with Crippen LogP contribution in [0.5, 0.6) is 0 Å². The third-order valence-electron chi connectivity index (χ3n) is 4.75. The van der Waals surface area contributed by atoms with Crippen molar-refractivity contribution in [3.8, 4) is 0 Å². The fourth-order valence-corrected chi connectivity index (χ4v) is 4.27. The van der Waals surface area contributed by atoms with Gasteiger partial charge in [0.05, 0.1) is 27.2 Å². The normalized spacial score (nSPS) is 17.6. The number of fused-ring (bicyclic) bond motifs is 1. The van der Waals surface area contributed by atoms with Crippen molar-refractivity contribution in [2.24, 2.45) is 5.41 Å². The van der Waals surface area contributed by atoms with Gasteiger partial charge in [0, 0.05) is 18.2 Å². The topological polar surface area (TPSA) is 63.2 Å². The number of thiazole rings is 1. The first-order chi connectivity index (χ1) is 11.8.